The van der Waals surface area contributed by atoms with Crippen LogP contribution in [0.4, 0.5) is 5.69 Å². The van der Waals surface area contributed by atoms with Gasteiger partial charge in [0.15, 0.2) is 5.78 Å². The molecule has 0 spiro atoms. The maximum Gasteiger partial charge on any atom is 0.161 e. The Labute approximate surface area is 110 Å². The lowest BCUT2D eigenvalue weighted by Crippen LogP contribution is -2.30. The van der Waals surface area contributed by atoms with Gasteiger partial charge in [-0.1, -0.05) is 27.6 Å². The molecule has 0 saturated carbocycles. The Bertz CT molecular complexity index is 479. The summed E-state index contributed by atoms with van der Waals surface area (Å²) < 4.78 is 1.02. The average molecular weight is 294 g/mol. The molecule has 1 aromatic carbocycles. The minimum Gasteiger partial charge on any atom is -0.367 e. The average Bonchev–Trinajstić information content (AvgIpc) is 2.28. The smallest absolute Gasteiger partial charge is 0.161 e. The Morgan fingerprint density at radius 3 is 2.82 bits per heavy atom. The quantitative estimate of drug-likeness (QED) is 0.610. The van der Waals surface area contributed by atoms with E-state index in [1.807, 2.05) is 18.2 Å². The summed E-state index contributed by atoms with van der Waals surface area (Å²) in [6.45, 7) is 5.65. The lowest BCUT2D eigenvalue weighted by molar-refractivity contribution is 0.101. The van der Waals surface area contributed by atoms with Crippen LogP contribution >= 0.6 is 15.9 Å². The third-order valence-electron chi connectivity index (χ3n) is 3.01. The molecule has 0 amide bonds. The Kier molecular flexibility index (Phi) is 3.67. The van der Waals surface area contributed by atoms with Crippen molar-refractivity contribution in [2.24, 2.45) is 0 Å². The minimum absolute atomic E-state index is 0.125. The first-order valence-electron chi connectivity index (χ1n) is 5.79. The molecule has 2 rings (SSSR count). The summed E-state index contributed by atoms with van der Waals surface area (Å²) in [5, 5.41) is 0. The lowest BCUT2D eigenvalue weighted by Gasteiger charge is -2.30. The first-order chi connectivity index (χ1) is 8.08. The molecule has 90 valence electrons. The topological polar surface area (TPSA) is 20.3 Å². The number of anilines is 1. The van der Waals surface area contributed by atoms with E-state index in [1.165, 1.54) is 5.57 Å². The van der Waals surface area contributed by atoms with Gasteiger partial charge in [0.1, 0.15) is 0 Å². The van der Waals surface area contributed by atoms with Crippen LogP contribution < -0.4 is 4.90 Å². The van der Waals surface area contributed by atoms with E-state index in [2.05, 4.69) is 33.8 Å². The van der Waals surface area contributed by atoms with Crippen molar-refractivity contribution in [1.82, 2.24) is 0 Å². The zero-order valence-electron chi connectivity index (χ0n) is 10.2. The molecule has 0 bridgehead atoms. The molecule has 1 heterocycles. The van der Waals surface area contributed by atoms with Crippen LogP contribution in [0.15, 0.2) is 34.3 Å². The van der Waals surface area contributed by atoms with E-state index in [9.17, 15) is 4.79 Å². The summed E-state index contributed by atoms with van der Waals surface area (Å²) >= 11 is 3.47. The van der Waals surface area contributed by atoms with Gasteiger partial charge in [-0.25, -0.2) is 0 Å². The molecule has 0 radical (unpaired) electrons. The second-order valence-corrected chi connectivity index (χ2v) is 5.39. The molecule has 0 atom stereocenters. The predicted octanol–water partition coefficient (Wildman–Crippen LogP) is 3.81. The van der Waals surface area contributed by atoms with Crippen LogP contribution in [0.25, 0.3) is 0 Å². The highest BCUT2D eigenvalue weighted by atomic mass is 79.9. The Hall–Kier alpha value is -1.09. The fraction of sp³-hybridized carbons (Fsp3) is 0.357. The molecule has 0 N–H and O–H groups in total. The first kappa shape index (κ1) is 12.4. The van der Waals surface area contributed by atoms with Crippen LogP contribution in [-0.4, -0.2) is 18.9 Å². The van der Waals surface area contributed by atoms with E-state index in [-0.39, 0.29) is 5.78 Å². The molecule has 1 aliphatic heterocycles. The highest BCUT2D eigenvalue weighted by Crippen LogP contribution is 2.28. The highest BCUT2D eigenvalue weighted by molar-refractivity contribution is 9.10. The molecule has 1 aromatic rings. The number of hydrogen-bond donors (Lipinski definition) is 0. The minimum atomic E-state index is 0.125. The summed E-state index contributed by atoms with van der Waals surface area (Å²) in [5.74, 6) is 0.125. The second-order valence-electron chi connectivity index (χ2n) is 4.48. The SMILES string of the molecule is CC(=O)c1ccc(Br)cc1N1CCC=C(C)C1. The van der Waals surface area contributed by atoms with Crippen molar-refractivity contribution in [2.45, 2.75) is 20.3 Å². The van der Waals surface area contributed by atoms with Gasteiger partial charge in [-0.3, -0.25) is 4.79 Å². The molecule has 0 saturated heterocycles. The molecule has 0 aromatic heterocycles. The maximum absolute atomic E-state index is 11.6. The molecule has 2 nitrogen and oxygen atoms in total. The standard InChI is InChI=1S/C14H16BrNO/c1-10-4-3-7-16(9-10)14-8-12(15)5-6-13(14)11(2)17/h4-6,8H,3,7,9H2,1-2H3. The summed E-state index contributed by atoms with van der Waals surface area (Å²) in [5.41, 5.74) is 3.22. The maximum atomic E-state index is 11.6. The van der Waals surface area contributed by atoms with Crippen molar-refractivity contribution in [3.05, 3.63) is 39.9 Å². The molecular weight excluding hydrogens is 278 g/mol. The highest BCUT2D eigenvalue weighted by Gasteiger charge is 2.16. The van der Waals surface area contributed by atoms with Crippen LogP contribution in [0.2, 0.25) is 0 Å². The third-order valence-corrected chi connectivity index (χ3v) is 3.51. The van der Waals surface area contributed by atoms with Gasteiger partial charge in [0, 0.05) is 28.8 Å². The Morgan fingerprint density at radius 1 is 1.41 bits per heavy atom. The normalized spacial score (nSPS) is 15.7. The number of benzene rings is 1. The summed E-state index contributed by atoms with van der Waals surface area (Å²) in [4.78, 5) is 13.9. The number of carbonyl (C=O) groups excluding carboxylic acids is 1. The van der Waals surface area contributed by atoms with E-state index >= 15 is 0 Å². The number of carbonyl (C=O) groups is 1. The fourth-order valence-electron chi connectivity index (χ4n) is 2.18. The summed E-state index contributed by atoms with van der Waals surface area (Å²) in [6.07, 6.45) is 3.32. The van der Waals surface area contributed by atoms with Crippen LogP contribution in [0.5, 0.6) is 0 Å². The molecule has 1 aliphatic rings. The number of ketones is 1. The van der Waals surface area contributed by atoms with E-state index in [4.69, 9.17) is 0 Å². The number of Topliss-reactive ketones (excluding diaryl/α,β-unsaturated/α-hetero) is 1. The van der Waals surface area contributed by atoms with E-state index < -0.39 is 0 Å². The van der Waals surface area contributed by atoms with Gasteiger partial charge in [-0.2, -0.15) is 0 Å². The van der Waals surface area contributed by atoms with Crippen molar-refractivity contribution in [2.75, 3.05) is 18.0 Å². The summed E-state index contributed by atoms with van der Waals surface area (Å²) in [7, 11) is 0. The van der Waals surface area contributed by atoms with Gasteiger partial charge < -0.3 is 4.90 Å². The second kappa shape index (κ2) is 5.05. The summed E-state index contributed by atoms with van der Waals surface area (Å²) in [6, 6.07) is 5.86. The van der Waals surface area contributed by atoms with Crippen LogP contribution in [0.3, 0.4) is 0 Å². The van der Waals surface area contributed by atoms with Crippen molar-refractivity contribution in [3.63, 3.8) is 0 Å². The van der Waals surface area contributed by atoms with Gasteiger partial charge in [0.25, 0.3) is 0 Å². The molecule has 0 aliphatic carbocycles. The van der Waals surface area contributed by atoms with Gasteiger partial charge >= 0.3 is 0 Å². The van der Waals surface area contributed by atoms with Crippen LogP contribution in [0.1, 0.15) is 30.6 Å². The van der Waals surface area contributed by atoms with Crippen molar-refractivity contribution < 1.29 is 4.79 Å². The first-order valence-corrected chi connectivity index (χ1v) is 6.58. The number of rotatable bonds is 2. The van der Waals surface area contributed by atoms with E-state index in [1.54, 1.807) is 6.92 Å². The number of hydrogen-bond acceptors (Lipinski definition) is 2. The number of halogens is 1. The van der Waals surface area contributed by atoms with Crippen LogP contribution in [0, 0.1) is 0 Å². The fourth-order valence-corrected chi connectivity index (χ4v) is 2.53. The molecule has 17 heavy (non-hydrogen) atoms. The lowest BCUT2D eigenvalue weighted by atomic mass is 10.1. The molecule has 0 unspecified atom stereocenters. The largest absolute Gasteiger partial charge is 0.367 e. The van der Waals surface area contributed by atoms with Crippen molar-refractivity contribution in [1.29, 1.82) is 0 Å². The Balaban J connectivity index is 2.39. The predicted molar refractivity (Wildman–Crippen MR) is 74.7 cm³/mol. The number of nitrogens with zero attached hydrogens (tertiary/aromatic N) is 1. The molecule has 0 fully saturated rings. The molecule has 3 heteroatoms. The van der Waals surface area contributed by atoms with Gasteiger partial charge in [-0.05, 0) is 38.5 Å². The van der Waals surface area contributed by atoms with Crippen molar-refractivity contribution >= 4 is 27.4 Å². The molecular formula is C14H16BrNO. The zero-order valence-corrected chi connectivity index (χ0v) is 11.8. The van der Waals surface area contributed by atoms with E-state index in [0.29, 0.717) is 0 Å². The third kappa shape index (κ3) is 2.78. The van der Waals surface area contributed by atoms with E-state index in [0.717, 1.165) is 35.2 Å². The van der Waals surface area contributed by atoms with Gasteiger partial charge in [-0.15, -0.1) is 0 Å². The monoisotopic (exact) mass is 293 g/mol. The van der Waals surface area contributed by atoms with Gasteiger partial charge in [0.2, 0.25) is 0 Å². The Morgan fingerprint density at radius 2 is 2.18 bits per heavy atom. The van der Waals surface area contributed by atoms with Gasteiger partial charge in [0.05, 0.1) is 0 Å². The zero-order chi connectivity index (χ0) is 12.4. The van der Waals surface area contributed by atoms with Crippen LogP contribution in [-0.2, 0) is 0 Å². The van der Waals surface area contributed by atoms with Crippen molar-refractivity contribution in [3.8, 4) is 0 Å².